The molecule has 1 heterocycles. The Hall–Kier alpha value is -1.94. The number of benzene rings is 1. The third-order valence-electron chi connectivity index (χ3n) is 13.2. The number of nitrogens with zero attached hydrogens (tertiary/aromatic N) is 1. The highest BCUT2D eigenvalue weighted by molar-refractivity contribution is 6.21. The van der Waals surface area contributed by atoms with Crippen molar-refractivity contribution < 1.29 is 9.59 Å². The zero-order chi connectivity index (χ0) is 29.6. The summed E-state index contributed by atoms with van der Waals surface area (Å²) in [5, 5.41) is 3.81. The highest BCUT2D eigenvalue weighted by atomic mass is 16.2. The van der Waals surface area contributed by atoms with Crippen molar-refractivity contribution in [2.24, 2.45) is 46.3 Å². The molecular formula is C38H56N2O2. The standard InChI is InChI=1S/C38H56N2O2/c1-25(2)10-8-11-26(3)32-16-17-33-31-15-14-27-24-28(18-20-37(27,4)34(31)19-21-38(32,33)5)39-22-9-23-40-35(41)29-12-6-7-13-30(29)36(40)42/h6-7,12-14,25-26,28,31-34,39H,8-11,15-24H2,1-5H3/t26?,28-,31?,32+,33?,34?,37-,38?/m0/s1. The first kappa shape index (κ1) is 30.1. The molecule has 5 unspecified atom stereocenters. The van der Waals surface area contributed by atoms with Gasteiger partial charge in [-0.25, -0.2) is 0 Å². The molecule has 0 saturated heterocycles. The van der Waals surface area contributed by atoms with Crippen LogP contribution in [-0.2, 0) is 0 Å². The van der Waals surface area contributed by atoms with E-state index in [1.807, 2.05) is 12.1 Å². The minimum Gasteiger partial charge on any atom is -0.314 e. The van der Waals surface area contributed by atoms with Crippen LogP contribution in [-0.4, -0.2) is 35.8 Å². The molecule has 4 heteroatoms. The molecule has 3 fully saturated rings. The van der Waals surface area contributed by atoms with Crippen LogP contribution >= 0.6 is 0 Å². The highest BCUT2D eigenvalue weighted by Crippen LogP contribution is 2.67. The monoisotopic (exact) mass is 572 g/mol. The molecule has 0 radical (unpaired) electrons. The lowest BCUT2D eigenvalue weighted by Crippen LogP contribution is -2.51. The summed E-state index contributed by atoms with van der Waals surface area (Å²) in [6.07, 6.45) is 18.5. The Balaban J connectivity index is 1.02. The fraction of sp³-hybridized carbons (Fsp3) is 0.737. The second kappa shape index (κ2) is 11.9. The minimum atomic E-state index is -0.135. The van der Waals surface area contributed by atoms with Gasteiger partial charge in [0.2, 0.25) is 0 Å². The predicted octanol–water partition coefficient (Wildman–Crippen LogP) is 8.67. The van der Waals surface area contributed by atoms with Crippen LogP contribution in [0.5, 0.6) is 0 Å². The summed E-state index contributed by atoms with van der Waals surface area (Å²) in [5.41, 5.74) is 3.77. The van der Waals surface area contributed by atoms with E-state index < -0.39 is 0 Å². The summed E-state index contributed by atoms with van der Waals surface area (Å²) in [7, 11) is 0. The van der Waals surface area contributed by atoms with E-state index in [9.17, 15) is 9.59 Å². The molecule has 230 valence electrons. The molecular weight excluding hydrogens is 516 g/mol. The number of carbonyl (C=O) groups is 2. The van der Waals surface area contributed by atoms with Gasteiger partial charge in [-0.05, 0) is 123 Å². The number of rotatable bonds is 10. The van der Waals surface area contributed by atoms with Crippen molar-refractivity contribution in [2.75, 3.05) is 13.1 Å². The van der Waals surface area contributed by atoms with E-state index in [2.05, 4.69) is 46.0 Å². The number of nitrogens with one attached hydrogen (secondary N) is 1. The molecule has 1 aromatic rings. The van der Waals surface area contributed by atoms with Gasteiger partial charge >= 0.3 is 0 Å². The van der Waals surface area contributed by atoms with E-state index in [1.54, 1.807) is 17.7 Å². The largest absolute Gasteiger partial charge is 0.314 e. The van der Waals surface area contributed by atoms with Crippen molar-refractivity contribution in [3.63, 3.8) is 0 Å². The Morgan fingerprint density at radius 1 is 0.905 bits per heavy atom. The summed E-state index contributed by atoms with van der Waals surface area (Å²) in [4.78, 5) is 26.8. The molecule has 6 rings (SSSR count). The maximum absolute atomic E-state index is 12.7. The average Bonchev–Trinajstić information content (AvgIpc) is 3.44. The predicted molar refractivity (Wildman–Crippen MR) is 171 cm³/mol. The van der Waals surface area contributed by atoms with Crippen molar-refractivity contribution in [1.29, 1.82) is 0 Å². The Bertz CT molecular complexity index is 1170. The Morgan fingerprint density at radius 2 is 1.64 bits per heavy atom. The SMILES string of the molecule is CC(C)CCCC(C)[C@H]1CCC2C3CC=C4C[C@@H](NCCCN5C(=O)c6ccccc6C5=O)CC[C@]4(C)C3CCC21C. The van der Waals surface area contributed by atoms with Crippen molar-refractivity contribution >= 4 is 11.8 Å². The normalized spacial score (nSPS) is 36.4. The van der Waals surface area contributed by atoms with E-state index in [0.717, 1.165) is 48.5 Å². The lowest BCUT2D eigenvalue weighted by atomic mass is 9.47. The van der Waals surface area contributed by atoms with E-state index >= 15 is 0 Å². The van der Waals surface area contributed by atoms with E-state index in [4.69, 9.17) is 0 Å². The Morgan fingerprint density at radius 3 is 2.36 bits per heavy atom. The molecule has 1 aliphatic heterocycles. The maximum atomic E-state index is 12.7. The summed E-state index contributed by atoms with van der Waals surface area (Å²) < 4.78 is 0. The summed E-state index contributed by atoms with van der Waals surface area (Å²) >= 11 is 0. The van der Waals surface area contributed by atoms with Crippen LogP contribution in [0.15, 0.2) is 35.9 Å². The first-order valence-corrected chi connectivity index (χ1v) is 17.5. The van der Waals surface area contributed by atoms with Crippen LogP contribution < -0.4 is 5.32 Å². The number of fused-ring (bicyclic) bond motifs is 6. The van der Waals surface area contributed by atoms with Crippen LogP contribution in [0.25, 0.3) is 0 Å². The molecule has 1 N–H and O–H groups in total. The van der Waals surface area contributed by atoms with Crippen LogP contribution in [0.1, 0.15) is 132 Å². The molecule has 1 aromatic carbocycles. The van der Waals surface area contributed by atoms with Gasteiger partial charge in [-0.1, -0.05) is 77.7 Å². The van der Waals surface area contributed by atoms with Gasteiger partial charge < -0.3 is 5.32 Å². The second-order valence-electron chi connectivity index (χ2n) is 15.8. The molecule has 42 heavy (non-hydrogen) atoms. The lowest BCUT2D eigenvalue weighted by molar-refractivity contribution is -0.0515. The molecule has 0 bridgehead atoms. The number of amides is 2. The zero-order valence-corrected chi connectivity index (χ0v) is 27.1. The molecule has 8 atom stereocenters. The number of hydrogen-bond acceptors (Lipinski definition) is 3. The Labute approximate surface area is 255 Å². The molecule has 3 saturated carbocycles. The molecule has 4 aliphatic carbocycles. The van der Waals surface area contributed by atoms with E-state index in [1.165, 1.54) is 75.5 Å². The zero-order valence-electron chi connectivity index (χ0n) is 27.1. The van der Waals surface area contributed by atoms with Gasteiger partial charge in [0.1, 0.15) is 0 Å². The fourth-order valence-electron chi connectivity index (χ4n) is 10.8. The van der Waals surface area contributed by atoms with E-state index in [0.29, 0.717) is 34.5 Å². The topological polar surface area (TPSA) is 49.4 Å². The molecule has 0 aromatic heterocycles. The maximum Gasteiger partial charge on any atom is 0.261 e. The van der Waals surface area contributed by atoms with Crippen LogP contribution in [0, 0.1) is 46.3 Å². The van der Waals surface area contributed by atoms with Crippen LogP contribution in [0.2, 0.25) is 0 Å². The smallest absolute Gasteiger partial charge is 0.261 e. The van der Waals surface area contributed by atoms with Crippen molar-refractivity contribution in [3.05, 3.63) is 47.0 Å². The third kappa shape index (κ3) is 5.22. The molecule has 2 amide bonds. The number of imide groups is 1. The van der Waals surface area contributed by atoms with Gasteiger partial charge in [-0.3, -0.25) is 14.5 Å². The van der Waals surface area contributed by atoms with Crippen molar-refractivity contribution in [3.8, 4) is 0 Å². The van der Waals surface area contributed by atoms with Crippen LogP contribution in [0.4, 0.5) is 0 Å². The summed E-state index contributed by atoms with van der Waals surface area (Å²) in [6.45, 7) is 14.0. The number of hydrogen-bond donors (Lipinski definition) is 1. The number of carbonyl (C=O) groups excluding carboxylic acids is 2. The van der Waals surface area contributed by atoms with Gasteiger partial charge in [-0.15, -0.1) is 0 Å². The minimum absolute atomic E-state index is 0.135. The number of allylic oxidation sites excluding steroid dienone is 1. The van der Waals surface area contributed by atoms with Gasteiger partial charge in [0.25, 0.3) is 11.8 Å². The lowest BCUT2D eigenvalue weighted by Gasteiger charge is -2.58. The Kier molecular flexibility index (Phi) is 8.50. The van der Waals surface area contributed by atoms with Crippen LogP contribution in [0.3, 0.4) is 0 Å². The first-order valence-electron chi connectivity index (χ1n) is 17.5. The quantitative estimate of drug-likeness (QED) is 0.173. The van der Waals surface area contributed by atoms with Gasteiger partial charge in [0.05, 0.1) is 11.1 Å². The van der Waals surface area contributed by atoms with Crippen molar-refractivity contribution in [2.45, 2.75) is 118 Å². The van der Waals surface area contributed by atoms with Gasteiger partial charge in [-0.2, -0.15) is 0 Å². The van der Waals surface area contributed by atoms with Gasteiger partial charge in [0.15, 0.2) is 0 Å². The van der Waals surface area contributed by atoms with Gasteiger partial charge in [0, 0.05) is 12.6 Å². The van der Waals surface area contributed by atoms with Crippen molar-refractivity contribution in [1.82, 2.24) is 10.2 Å². The fourth-order valence-corrected chi connectivity index (χ4v) is 10.8. The second-order valence-corrected chi connectivity index (χ2v) is 15.8. The highest BCUT2D eigenvalue weighted by Gasteiger charge is 2.59. The molecule has 0 spiro atoms. The first-order chi connectivity index (χ1) is 20.1. The molecule has 5 aliphatic rings. The summed E-state index contributed by atoms with van der Waals surface area (Å²) in [5.74, 6) is 5.02. The van der Waals surface area contributed by atoms with E-state index in [-0.39, 0.29) is 11.8 Å². The third-order valence-corrected chi connectivity index (χ3v) is 13.2. The summed E-state index contributed by atoms with van der Waals surface area (Å²) in [6, 6.07) is 7.71. The average molecular weight is 573 g/mol. The molecule has 4 nitrogen and oxygen atoms in total.